The minimum absolute atomic E-state index is 0.115. The Hall–Kier alpha value is -2.36. The maximum Gasteiger partial charge on any atom is 0.257 e. The molecule has 4 heteroatoms. The molecule has 2 rings (SSSR count). The van der Waals surface area contributed by atoms with E-state index in [1.807, 2.05) is 0 Å². The van der Waals surface area contributed by atoms with Crippen LogP contribution in [0.15, 0.2) is 48.8 Å². The number of hydrogen-bond acceptors (Lipinski definition) is 3. The Morgan fingerprint density at radius 1 is 1.25 bits per heavy atom. The molecule has 0 radical (unpaired) electrons. The molecule has 0 bridgehead atoms. The number of pyridine rings is 1. The maximum atomic E-state index is 11.7. The molecule has 4 nitrogen and oxygen atoms in total. The maximum absolute atomic E-state index is 11.7. The molecule has 1 amide bonds. The van der Waals surface area contributed by atoms with Crippen LogP contribution in [-0.2, 0) is 0 Å². The zero-order valence-corrected chi connectivity index (χ0v) is 8.42. The number of nitrogens with one attached hydrogen (secondary N) is 1. The highest BCUT2D eigenvalue weighted by Crippen LogP contribution is 2.15. The first kappa shape index (κ1) is 10.2. The largest absolute Gasteiger partial charge is 0.508 e. The SMILES string of the molecule is O=C(Nc1cccc(O)c1)c1cccnc1. The first-order chi connectivity index (χ1) is 7.75. The van der Waals surface area contributed by atoms with Crippen molar-refractivity contribution in [2.75, 3.05) is 5.32 Å². The number of nitrogens with zero attached hydrogens (tertiary/aromatic N) is 1. The van der Waals surface area contributed by atoms with Crippen molar-refractivity contribution in [1.82, 2.24) is 4.98 Å². The van der Waals surface area contributed by atoms with E-state index >= 15 is 0 Å². The Kier molecular flexibility index (Phi) is 2.82. The van der Waals surface area contributed by atoms with Gasteiger partial charge in [0.25, 0.3) is 5.91 Å². The van der Waals surface area contributed by atoms with Crippen LogP contribution in [0.5, 0.6) is 5.75 Å². The molecule has 1 aromatic carbocycles. The van der Waals surface area contributed by atoms with Crippen LogP contribution in [0.2, 0.25) is 0 Å². The van der Waals surface area contributed by atoms with Crippen LogP contribution < -0.4 is 5.32 Å². The van der Waals surface area contributed by atoms with Gasteiger partial charge in [-0.3, -0.25) is 9.78 Å². The van der Waals surface area contributed by atoms with Gasteiger partial charge in [-0.15, -0.1) is 0 Å². The molecule has 0 atom stereocenters. The number of carbonyl (C=O) groups is 1. The van der Waals surface area contributed by atoms with E-state index in [9.17, 15) is 9.90 Å². The Balaban J connectivity index is 2.14. The van der Waals surface area contributed by atoms with Crippen LogP contribution in [0.4, 0.5) is 5.69 Å². The molecule has 0 aliphatic carbocycles. The van der Waals surface area contributed by atoms with Gasteiger partial charge < -0.3 is 10.4 Å². The standard InChI is InChI=1S/C12H10N2O2/c15-11-5-1-4-10(7-11)14-12(16)9-3-2-6-13-8-9/h1-8,15H,(H,14,16). The van der Waals surface area contributed by atoms with E-state index in [2.05, 4.69) is 10.3 Å². The number of anilines is 1. The van der Waals surface area contributed by atoms with E-state index in [1.54, 1.807) is 36.5 Å². The number of phenolic OH excluding ortho intramolecular Hbond substituents is 1. The van der Waals surface area contributed by atoms with Crippen molar-refractivity contribution in [3.05, 3.63) is 54.4 Å². The predicted octanol–water partition coefficient (Wildman–Crippen LogP) is 2.04. The molecule has 1 heterocycles. The first-order valence-electron chi connectivity index (χ1n) is 4.76. The van der Waals surface area contributed by atoms with E-state index in [1.165, 1.54) is 12.3 Å². The van der Waals surface area contributed by atoms with E-state index in [0.717, 1.165) is 0 Å². The lowest BCUT2D eigenvalue weighted by Crippen LogP contribution is -2.11. The van der Waals surface area contributed by atoms with E-state index < -0.39 is 0 Å². The molecule has 0 saturated carbocycles. The van der Waals surface area contributed by atoms with Crippen LogP contribution in [0.25, 0.3) is 0 Å². The molecule has 16 heavy (non-hydrogen) atoms. The third kappa shape index (κ3) is 2.36. The van der Waals surface area contributed by atoms with Gasteiger partial charge in [-0.25, -0.2) is 0 Å². The molecule has 80 valence electrons. The van der Waals surface area contributed by atoms with Crippen molar-refractivity contribution in [1.29, 1.82) is 0 Å². The number of benzene rings is 1. The monoisotopic (exact) mass is 214 g/mol. The molecule has 1 aromatic heterocycles. The summed E-state index contributed by atoms with van der Waals surface area (Å²) in [5.41, 5.74) is 1.03. The third-order valence-electron chi connectivity index (χ3n) is 2.03. The summed E-state index contributed by atoms with van der Waals surface area (Å²) in [6, 6.07) is 9.75. The fourth-order valence-electron chi connectivity index (χ4n) is 1.28. The average Bonchev–Trinajstić information content (AvgIpc) is 2.30. The van der Waals surface area contributed by atoms with Crippen molar-refractivity contribution in [3.63, 3.8) is 0 Å². The number of amides is 1. The summed E-state index contributed by atoms with van der Waals surface area (Å²) >= 11 is 0. The lowest BCUT2D eigenvalue weighted by atomic mass is 10.2. The molecule has 0 saturated heterocycles. The molecule has 0 spiro atoms. The fourth-order valence-corrected chi connectivity index (χ4v) is 1.28. The van der Waals surface area contributed by atoms with Crippen LogP contribution >= 0.6 is 0 Å². The lowest BCUT2D eigenvalue weighted by molar-refractivity contribution is 0.102. The highest BCUT2D eigenvalue weighted by molar-refractivity contribution is 6.04. The molecular formula is C12H10N2O2. The van der Waals surface area contributed by atoms with Crippen molar-refractivity contribution < 1.29 is 9.90 Å². The van der Waals surface area contributed by atoms with Crippen LogP contribution in [0.3, 0.4) is 0 Å². The van der Waals surface area contributed by atoms with Gasteiger partial charge in [0.1, 0.15) is 5.75 Å². The Morgan fingerprint density at radius 3 is 2.81 bits per heavy atom. The van der Waals surface area contributed by atoms with Crippen LogP contribution in [0.1, 0.15) is 10.4 Å². The van der Waals surface area contributed by atoms with Crippen molar-refractivity contribution >= 4 is 11.6 Å². The minimum Gasteiger partial charge on any atom is -0.508 e. The lowest BCUT2D eigenvalue weighted by Gasteiger charge is -2.04. The van der Waals surface area contributed by atoms with Gasteiger partial charge in [-0.1, -0.05) is 6.07 Å². The molecular weight excluding hydrogens is 204 g/mol. The summed E-state index contributed by atoms with van der Waals surface area (Å²) in [6.45, 7) is 0. The number of carbonyl (C=O) groups excluding carboxylic acids is 1. The summed E-state index contributed by atoms with van der Waals surface area (Å²) in [4.78, 5) is 15.5. The summed E-state index contributed by atoms with van der Waals surface area (Å²) in [5.74, 6) is -0.136. The number of phenols is 1. The number of aromatic nitrogens is 1. The smallest absolute Gasteiger partial charge is 0.257 e. The predicted molar refractivity (Wildman–Crippen MR) is 60.3 cm³/mol. The molecule has 0 unspecified atom stereocenters. The summed E-state index contributed by atoms with van der Waals surface area (Å²) in [7, 11) is 0. The summed E-state index contributed by atoms with van der Waals surface area (Å²) < 4.78 is 0. The molecule has 0 aliphatic heterocycles. The van der Waals surface area contributed by atoms with Gasteiger partial charge in [0, 0.05) is 24.1 Å². The highest BCUT2D eigenvalue weighted by Gasteiger charge is 2.05. The molecule has 0 fully saturated rings. The molecule has 2 N–H and O–H groups in total. The molecule has 2 aromatic rings. The second kappa shape index (κ2) is 4.44. The molecule has 0 aliphatic rings. The first-order valence-corrected chi connectivity index (χ1v) is 4.76. The van der Waals surface area contributed by atoms with Crippen molar-refractivity contribution in [2.24, 2.45) is 0 Å². The normalized spacial score (nSPS) is 9.75. The van der Waals surface area contributed by atoms with Crippen molar-refractivity contribution in [2.45, 2.75) is 0 Å². The van der Waals surface area contributed by atoms with Crippen molar-refractivity contribution in [3.8, 4) is 5.75 Å². The second-order valence-electron chi connectivity index (χ2n) is 3.25. The van der Waals surface area contributed by atoms with Gasteiger partial charge in [-0.05, 0) is 24.3 Å². The number of hydrogen-bond donors (Lipinski definition) is 2. The Bertz CT molecular complexity index is 497. The minimum atomic E-state index is -0.251. The van der Waals surface area contributed by atoms with Gasteiger partial charge >= 0.3 is 0 Å². The zero-order valence-electron chi connectivity index (χ0n) is 8.42. The number of rotatable bonds is 2. The van der Waals surface area contributed by atoms with E-state index in [0.29, 0.717) is 11.3 Å². The van der Waals surface area contributed by atoms with E-state index in [4.69, 9.17) is 0 Å². The van der Waals surface area contributed by atoms with Gasteiger partial charge in [0.15, 0.2) is 0 Å². The van der Waals surface area contributed by atoms with Crippen LogP contribution in [-0.4, -0.2) is 16.0 Å². The number of aromatic hydroxyl groups is 1. The summed E-state index contributed by atoms with van der Waals surface area (Å²) in [6.07, 6.45) is 3.09. The topological polar surface area (TPSA) is 62.2 Å². The fraction of sp³-hybridized carbons (Fsp3) is 0. The van der Waals surface area contributed by atoms with Gasteiger partial charge in [-0.2, -0.15) is 0 Å². The highest BCUT2D eigenvalue weighted by atomic mass is 16.3. The Morgan fingerprint density at radius 2 is 2.12 bits per heavy atom. The summed E-state index contributed by atoms with van der Waals surface area (Å²) in [5, 5.41) is 11.9. The average molecular weight is 214 g/mol. The second-order valence-corrected chi connectivity index (χ2v) is 3.25. The van der Waals surface area contributed by atoms with Gasteiger partial charge in [0.2, 0.25) is 0 Å². The zero-order chi connectivity index (χ0) is 11.4. The third-order valence-corrected chi connectivity index (χ3v) is 2.03. The van der Waals surface area contributed by atoms with E-state index in [-0.39, 0.29) is 11.7 Å². The quantitative estimate of drug-likeness (QED) is 0.804. The van der Waals surface area contributed by atoms with Gasteiger partial charge in [0.05, 0.1) is 5.56 Å². The van der Waals surface area contributed by atoms with Crippen LogP contribution in [0, 0.1) is 0 Å². The Labute approximate surface area is 92.6 Å².